The highest BCUT2D eigenvalue weighted by atomic mass is 32.2. The molecule has 0 bridgehead atoms. The first kappa shape index (κ1) is 17.9. The zero-order valence-electron chi connectivity index (χ0n) is 15.7. The van der Waals surface area contributed by atoms with E-state index in [4.69, 9.17) is 4.42 Å². The van der Waals surface area contributed by atoms with E-state index in [1.54, 1.807) is 31.3 Å². The third-order valence-electron chi connectivity index (χ3n) is 5.19. The van der Waals surface area contributed by atoms with Crippen LogP contribution in [-0.4, -0.2) is 24.1 Å². The molecule has 2 N–H and O–H groups in total. The number of benzene rings is 2. The molecule has 0 aliphatic heterocycles. The molecule has 1 fully saturated rings. The summed E-state index contributed by atoms with van der Waals surface area (Å²) in [5.41, 5.74) is 2.85. The van der Waals surface area contributed by atoms with E-state index in [0.717, 1.165) is 23.8 Å². The average molecular weight is 409 g/mol. The fourth-order valence-electron chi connectivity index (χ4n) is 3.50. The molecule has 1 aliphatic rings. The molecule has 0 saturated heterocycles. The molecule has 2 aromatic carbocycles. The van der Waals surface area contributed by atoms with Gasteiger partial charge in [0, 0.05) is 28.6 Å². The second-order valence-electron chi connectivity index (χ2n) is 7.28. The molecule has 8 heteroatoms. The smallest absolute Gasteiger partial charge is 0.255 e. The monoisotopic (exact) mass is 409 g/mol. The highest BCUT2D eigenvalue weighted by Crippen LogP contribution is 2.43. The SMILES string of the molecule is CCS(=O)(=O)Nc1cc(-c2c[nH]c(=O)c3ccccc23)c2oc(C3CC3)nc2c1. The van der Waals surface area contributed by atoms with Crippen molar-refractivity contribution in [1.29, 1.82) is 0 Å². The number of oxazole rings is 1. The molecule has 7 nitrogen and oxygen atoms in total. The van der Waals surface area contributed by atoms with Gasteiger partial charge in [-0.3, -0.25) is 9.52 Å². The molecule has 1 aliphatic carbocycles. The number of hydrogen-bond donors (Lipinski definition) is 2. The summed E-state index contributed by atoms with van der Waals surface area (Å²) in [5, 5.41) is 1.32. The molecule has 4 aromatic rings. The highest BCUT2D eigenvalue weighted by molar-refractivity contribution is 7.92. The van der Waals surface area contributed by atoms with Gasteiger partial charge >= 0.3 is 0 Å². The Morgan fingerprint density at radius 2 is 1.93 bits per heavy atom. The van der Waals surface area contributed by atoms with Gasteiger partial charge in [0.25, 0.3) is 5.56 Å². The second-order valence-corrected chi connectivity index (χ2v) is 9.29. The lowest BCUT2D eigenvalue weighted by molar-refractivity contribution is 0.534. The first-order valence-corrected chi connectivity index (χ1v) is 11.2. The third-order valence-corrected chi connectivity index (χ3v) is 6.49. The molecule has 5 rings (SSSR count). The zero-order valence-corrected chi connectivity index (χ0v) is 16.5. The minimum atomic E-state index is -3.45. The van der Waals surface area contributed by atoms with Crippen LogP contribution in [0.2, 0.25) is 0 Å². The number of aromatic nitrogens is 2. The van der Waals surface area contributed by atoms with Crippen molar-refractivity contribution in [3.05, 3.63) is 58.8 Å². The number of nitrogens with zero attached hydrogens (tertiary/aromatic N) is 1. The summed E-state index contributed by atoms with van der Waals surface area (Å²) in [6.07, 6.45) is 3.72. The standard InChI is InChI=1S/C21H19N3O4S/c1-2-29(26,27)24-13-9-16(19-18(10-13)23-21(28-19)12-7-8-12)17-11-22-20(25)15-6-4-3-5-14(15)17/h3-6,9-12,24H,2,7-8H2,1H3,(H,22,25). The van der Waals surface area contributed by atoms with E-state index in [0.29, 0.717) is 39.5 Å². The average Bonchev–Trinajstić information content (AvgIpc) is 3.47. The quantitative estimate of drug-likeness (QED) is 0.519. The first-order valence-electron chi connectivity index (χ1n) is 9.51. The lowest BCUT2D eigenvalue weighted by Crippen LogP contribution is -2.14. The number of pyridine rings is 1. The van der Waals surface area contributed by atoms with E-state index in [-0.39, 0.29) is 11.3 Å². The predicted molar refractivity (Wildman–Crippen MR) is 113 cm³/mol. The summed E-state index contributed by atoms with van der Waals surface area (Å²) in [6.45, 7) is 1.58. The number of aromatic amines is 1. The Hall–Kier alpha value is -3.13. The van der Waals surface area contributed by atoms with Crippen molar-refractivity contribution >= 4 is 37.6 Å². The van der Waals surface area contributed by atoms with Gasteiger partial charge < -0.3 is 9.40 Å². The van der Waals surface area contributed by atoms with Crippen LogP contribution >= 0.6 is 0 Å². The number of sulfonamides is 1. The van der Waals surface area contributed by atoms with Crippen LogP contribution in [0, 0.1) is 0 Å². The van der Waals surface area contributed by atoms with Crippen molar-refractivity contribution < 1.29 is 12.8 Å². The van der Waals surface area contributed by atoms with Crippen LogP contribution in [0.15, 0.2) is 51.8 Å². The third kappa shape index (κ3) is 3.19. The van der Waals surface area contributed by atoms with Gasteiger partial charge in [-0.1, -0.05) is 18.2 Å². The van der Waals surface area contributed by atoms with Crippen molar-refractivity contribution in [2.75, 3.05) is 10.5 Å². The Morgan fingerprint density at radius 1 is 1.17 bits per heavy atom. The van der Waals surface area contributed by atoms with Crippen LogP contribution in [-0.2, 0) is 10.0 Å². The normalized spacial score (nSPS) is 14.5. The molecule has 2 aromatic heterocycles. The second kappa shape index (κ2) is 6.45. The predicted octanol–water partition coefficient (Wildman–Crippen LogP) is 3.98. The largest absolute Gasteiger partial charge is 0.440 e. The van der Waals surface area contributed by atoms with Crippen LogP contribution in [0.25, 0.3) is 33.0 Å². The maximum absolute atomic E-state index is 12.2. The topological polar surface area (TPSA) is 105 Å². The van der Waals surface area contributed by atoms with Crippen LogP contribution in [0.4, 0.5) is 5.69 Å². The fraction of sp³-hybridized carbons (Fsp3) is 0.238. The van der Waals surface area contributed by atoms with Crippen molar-refractivity contribution in [2.24, 2.45) is 0 Å². The van der Waals surface area contributed by atoms with Crippen molar-refractivity contribution in [3.63, 3.8) is 0 Å². The number of hydrogen-bond acceptors (Lipinski definition) is 5. The first-order chi connectivity index (χ1) is 13.9. The van der Waals surface area contributed by atoms with Gasteiger partial charge in [-0.05, 0) is 43.4 Å². The molecule has 0 unspecified atom stereocenters. The van der Waals surface area contributed by atoms with Gasteiger partial charge in [0.05, 0.1) is 11.4 Å². The summed E-state index contributed by atoms with van der Waals surface area (Å²) in [5.74, 6) is 0.956. The summed E-state index contributed by atoms with van der Waals surface area (Å²) >= 11 is 0. The van der Waals surface area contributed by atoms with E-state index >= 15 is 0 Å². The summed E-state index contributed by atoms with van der Waals surface area (Å²) in [7, 11) is -3.45. The van der Waals surface area contributed by atoms with Gasteiger partial charge in [-0.2, -0.15) is 0 Å². The number of anilines is 1. The zero-order chi connectivity index (χ0) is 20.2. The Labute approximate surface area is 166 Å². The Balaban J connectivity index is 1.80. The maximum Gasteiger partial charge on any atom is 0.255 e. The van der Waals surface area contributed by atoms with E-state index in [9.17, 15) is 13.2 Å². The van der Waals surface area contributed by atoms with Gasteiger partial charge in [-0.25, -0.2) is 13.4 Å². The van der Waals surface area contributed by atoms with Gasteiger partial charge in [0.2, 0.25) is 10.0 Å². The molecule has 1 saturated carbocycles. The molecule has 0 atom stereocenters. The number of nitrogens with one attached hydrogen (secondary N) is 2. The lowest BCUT2D eigenvalue weighted by Gasteiger charge is -2.10. The van der Waals surface area contributed by atoms with E-state index in [1.165, 1.54) is 0 Å². The molecule has 29 heavy (non-hydrogen) atoms. The van der Waals surface area contributed by atoms with Crippen molar-refractivity contribution in [1.82, 2.24) is 9.97 Å². The Morgan fingerprint density at radius 3 is 2.66 bits per heavy atom. The highest BCUT2D eigenvalue weighted by Gasteiger charge is 2.30. The Kier molecular flexibility index (Phi) is 3.99. The van der Waals surface area contributed by atoms with E-state index < -0.39 is 10.0 Å². The molecule has 148 valence electrons. The summed E-state index contributed by atoms with van der Waals surface area (Å²) in [6, 6.07) is 10.7. The molecule has 0 radical (unpaired) electrons. The minimum absolute atomic E-state index is 0.0336. The molecule has 0 spiro atoms. The van der Waals surface area contributed by atoms with Gasteiger partial charge in [0.15, 0.2) is 11.5 Å². The van der Waals surface area contributed by atoms with Crippen LogP contribution < -0.4 is 10.3 Å². The number of H-pyrrole nitrogens is 1. The van der Waals surface area contributed by atoms with E-state index in [2.05, 4.69) is 14.7 Å². The van der Waals surface area contributed by atoms with Crippen LogP contribution in [0.3, 0.4) is 0 Å². The van der Waals surface area contributed by atoms with Crippen molar-refractivity contribution in [3.8, 4) is 11.1 Å². The molecule has 2 heterocycles. The van der Waals surface area contributed by atoms with Gasteiger partial charge in [-0.15, -0.1) is 0 Å². The van der Waals surface area contributed by atoms with Crippen molar-refractivity contribution in [2.45, 2.75) is 25.7 Å². The summed E-state index contributed by atoms with van der Waals surface area (Å²) in [4.78, 5) is 19.6. The number of rotatable bonds is 5. The van der Waals surface area contributed by atoms with Gasteiger partial charge in [0.1, 0.15) is 5.52 Å². The molecular formula is C21H19N3O4S. The fourth-order valence-corrected chi connectivity index (χ4v) is 4.12. The lowest BCUT2D eigenvalue weighted by atomic mass is 9.99. The Bertz CT molecular complexity index is 1420. The summed E-state index contributed by atoms with van der Waals surface area (Å²) < 4.78 is 33.0. The molecule has 0 amide bonds. The maximum atomic E-state index is 12.2. The minimum Gasteiger partial charge on any atom is -0.440 e. The van der Waals surface area contributed by atoms with Crippen LogP contribution in [0.5, 0.6) is 0 Å². The van der Waals surface area contributed by atoms with E-state index in [1.807, 2.05) is 18.2 Å². The number of fused-ring (bicyclic) bond motifs is 2. The molecular weight excluding hydrogens is 390 g/mol. The van der Waals surface area contributed by atoms with Crippen LogP contribution in [0.1, 0.15) is 31.6 Å².